The molecular formula is C14H16ClN5O. The third kappa shape index (κ3) is 3.00. The topological polar surface area (TPSA) is 84.1 Å². The van der Waals surface area contributed by atoms with Crippen LogP contribution in [0.2, 0.25) is 5.02 Å². The highest BCUT2D eigenvalue weighted by molar-refractivity contribution is 6.31. The predicted molar refractivity (Wildman–Crippen MR) is 82.5 cm³/mol. The second-order valence-electron chi connectivity index (χ2n) is 5.13. The molecule has 0 spiro atoms. The monoisotopic (exact) mass is 305 g/mol. The average Bonchev–Trinajstić information content (AvgIpc) is 2.46. The molecule has 0 unspecified atom stereocenters. The summed E-state index contributed by atoms with van der Waals surface area (Å²) in [6.45, 7) is 1.64. The minimum absolute atomic E-state index is 0.140. The molecule has 2 heterocycles. The lowest BCUT2D eigenvalue weighted by atomic mass is 10.0. The van der Waals surface area contributed by atoms with Gasteiger partial charge in [-0.1, -0.05) is 11.6 Å². The van der Waals surface area contributed by atoms with Gasteiger partial charge in [0.05, 0.1) is 5.52 Å². The van der Waals surface area contributed by atoms with E-state index < -0.39 is 6.03 Å². The molecule has 0 atom stereocenters. The first-order valence-electron chi connectivity index (χ1n) is 6.84. The lowest BCUT2D eigenvalue weighted by molar-refractivity contribution is 0.242. The minimum Gasteiger partial charge on any atom is -0.356 e. The van der Waals surface area contributed by atoms with Crippen LogP contribution >= 0.6 is 11.6 Å². The van der Waals surface area contributed by atoms with Gasteiger partial charge in [-0.3, -0.25) is 0 Å². The van der Waals surface area contributed by atoms with Crippen LogP contribution in [0.1, 0.15) is 12.8 Å². The van der Waals surface area contributed by atoms with E-state index in [0.29, 0.717) is 5.02 Å². The number of aromatic nitrogens is 2. The molecule has 0 aliphatic carbocycles. The van der Waals surface area contributed by atoms with Gasteiger partial charge in [-0.25, -0.2) is 14.8 Å². The Bertz CT molecular complexity index is 669. The van der Waals surface area contributed by atoms with E-state index in [9.17, 15) is 4.79 Å². The van der Waals surface area contributed by atoms with Gasteiger partial charge >= 0.3 is 6.03 Å². The largest absolute Gasteiger partial charge is 0.356 e. The van der Waals surface area contributed by atoms with Crippen molar-refractivity contribution in [2.24, 2.45) is 5.73 Å². The van der Waals surface area contributed by atoms with Crippen LogP contribution in [0.3, 0.4) is 0 Å². The van der Waals surface area contributed by atoms with Gasteiger partial charge in [-0.05, 0) is 31.0 Å². The number of fused-ring (bicyclic) bond motifs is 1. The molecular weight excluding hydrogens is 290 g/mol. The Morgan fingerprint density at radius 1 is 1.33 bits per heavy atom. The number of carbonyl (C=O) groups excluding carboxylic acids is 1. The number of amides is 2. The van der Waals surface area contributed by atoms with Crippen LogP contribution in [0.15, 0.2) is 24.5 Å². The van der Waals surface area contributed by atoms with Crippen molar-refractivity contribution in [3.63, 3.8) is 0 Å². The molecule has 0 radical (unpaired) electrons. The molecule has 1 aromatic carbocycles. The Morgan fingerprint density at radius 3 is 2.81 bits per heavy atom. The van der Waals surface area contributed by atoms with Crippen LogP contribution in [-0.4, -0.2) is 35.1 Å². The Hall–Kier alpha value is -2.08. The number of urea groups is 1. The molecule has 3 N–H and O–H groups in total. The van der Waals surface area contributed by atoms with Gasteiger partial charge in [-0.2, -0.15) is 0 Å². The number of nitrogens with one attached hydrogen (secondary N) is 1. The van der Waals surface area contributed by atoms with E-state index in [1.807, 2.05) is 18.2 Å². The third-order valence-corrected chi connectivity index (χ3v) is 3.95. The standard InChI is InChI=1S/C14H16ClN5O/c15-9-1-2-11-12(7-9)17-8-18-13(11)20-5-3-10(4-6-20)19-14(16)21/h1-2,7-8,10H,3-6H2,(H3,16,19,21). The Balaban J connectivity index is 1.81. The number of carbonyl (C=O) groups is 1. The highest BCUT2D eigenvalue weighted by Gasteiger charge is 2.22. The maximum atomic E-state index is 10.9. The third-order valence-electron chi connectivity index (χ3n) is 3.72. The Labute approximate surface area is 127 Å². The number of piperidine rings is 1. The molecule has 1 aromatic heterocycles. The molecule has 1 fully saturated rings. The number of rotatable bonds is 2. The lowest BCUT2D eigenvalue weighted by Gasteiger charge is -2.33. The van der Waals surface area contributed by atoms with E-state index in [-0.39, 0.29) is 6.04 Å². The van der Waals surface area contributed by atoms with Crippen molar-refractivity contribution in [1.82, 2.24) is 15.3 Å². The summed E-state index contributed by atoms with van der Waals surface area (Å²) in [5.41, 5.74) is 6.00. The van der Waals surface area contributed by atoms with Crippen molar-refractivity contribution < 1.29 is 4.79 Å². The molecule has 2 aromatic rings. The lowest BCUT2D eigenvalue weighted by Crippen LogP contribution is -2.46. The van der Waals surface area contributed by atoms with E-state index in [4.69, 9.17) is 17.3 Å². The van der Waals surface area contributed by atoms with E-state index in [2.05, 4.69) is 20.2 Å². The van der Waals surface area contributed by atoms with Crippen molar-refractivity contribution in [2.75, 3.05) is 18.0 Å². The van der Waals surface area contributed by atoms with Crippen LogP contribution in [0.5, 0.6) is 0 Å². The molecule has 21 heavy (non-hydrogen) atoms. The first kappa shape index (κ1) is 13.9. The number of nitrogens with two attached hydrogens (primary N) is 1. The minimum atomic E-state index is -0.462. The van der Waals surface area contributed by atoms with Gasteiger partial charge in [0.2, 0.25) is 0 Å². The zero-order valence-electron chi connectivity index (χ0n) is 11.4. The van der Waals surface area contributed by atoms with E-state index in [1.54, 1.807) is 6.33 Å². The highest BCUT2D eigenvalue weighted by Crippen LogP contribution is 2.27. The molecule has 1 aliphatic rings. The zero-order valence-corrected chi connectivity index (χ0v) is 12.2. The van der Waals surface area contributed by atoms with Crippen molar-refractivity contribution in [3.8, 4) is 0 Å². The second-order valence-corrected chi connectivity index (χ2v) is 5.57. The molecule has 6 nitrogen and oxygen atoms in total. The summed E-state index contributed by atoms with van der Waals surface area (Å²) in [7, 11) is 0. The van der Waals surface area contributed by atoms with Crippen LogP contribution < -0.4 is 16.0 Å². The number of hydrogen-bond acceptors (Lipinski definition) is 4. The second kappa shape index (κ2) is 5.73. The van der Waals surface area contributed by atoms with Gasteiger partial charge in [0, 0.05) is 29.5 Å². The number of halogens is 1. The van der Waals surface area contributed by atoms with Crippen LogP contribution in [0, 0.1) is 0 Å². The maximum absolute atomic E-state index is 10.9. The summed E-state index contributed by atoms with van der Waals surface area (Å²) >= 11 is 6.00. The molecule has 2 amide bonds. The van der Waals surface area contributed by atoms with E-state index in [0.717, 1.165) is 42.7 Å². The van der Waals surface area contributed by atoms with Crippen molar-refractivity contribution in [2.45, 2.75) is 18.9 Å². The quantitative estimate of drug-likeness (QED) is 0.888. The smallest absolute Gasteiger partial charge is 0.312 e. The van der Waals surface area contributed by atoms with Crippen LogP contribution in [-0.2, 0) is 0 Å². The summed E-state index contributed by atoms with van der Waals surface area (Å²) in [5.74, 6) is 0.911. The van der Waals surface area contributed by atoms with Gasteiger partial charge in [0.15, 0.2) is 0 Å². The molecule has 0 bridgehead atoms. The number of benzene rings is 1. The number of primary amides is 1. The fourth-order valence-electron chi connectivity index (χ4n) is 2.70. The molecule has 1 aliphatic heterocycles. The Kier molecular flexibility index (Phi) is 3.79. The molecule has 7 heteroatoms. The van der Waals surface area contributed by atoms with Gasteiger partial charge in [-0.15, -0.1) is 0 Å². The van der Waals surface area contributed by atoms with Crippen molar-refractivity contribution in [1.29, 1.82) is 0 Å². The number of nitrogens with zero attached hydrogens (tertiary/aromatic N) is 3. The molecule has 110 valence electrons. The first-order chi connectivity index (χ1) is 10.1. The summed E-state index contributed by atoms with van der Waals surface area (Å²) in [4.78, 5) is 21.8. The van der Waals surface area contributed by atoms with Gasteiger partial charge in [0.1, 0.15) is 12.1 Å². The average molecular weight is 306 g/mol. The van der Waals surface area contributed by atoms with Crippen LogP contribution in [0.4, 0.5) is 10.6 Å². The summed E-state index contributed by atoms with van der Waals surface area (Å²) < 4.78 is 0. The van der Waals surface area contributed by atoms with Gasteiger partial charge in [0.25, 0.3) is 0 Å². The number of anilines is 1. The summed E-state index contributed by atoms with van der Waals surface area (Å²) in [6, 6.07) is 5.30. The molecule has 0 saturated carbocycles. The Morgan fingerprint density at radius 2 is 2.10 bits per heavy atom. The maximum Gasteiger partial charge on any atom is 0.312 e. The van der Waals surface area contributed by atoms with Crippen molar-refractivity contribution >= 4 is 34.4 Å². The van der Waals surface area contributed by atoms with Crippen LogP contribution in [0.25, 0.3) is 10.9 Å². The fraction of sp³-hybridized carbons (Fsp3) is 0.357. The zero-order chi connectivity index (χ0) is 14.8. The summed E-state index contributed by atoms with van der Waals surface area (Å²) in [6.07, 6.45) is 3.26. The highest BCUT2D eigenvalue weighted by atomic mass is 35.5. The number of hydrogen-bond donors (Lipinski definition) is 2. The normalized spacial score (nSPS) is 16.1. The van der Waals surface area contributed by atoms with Gasteiger partial charge < -0.3 is 16.0 Å². The molecule has 3 rings (SSSR count). The summed E-state index contributed by atoms with van der Waals surface area (Å²) in [5, 5.41) is 4.41. The molecule has 1 saturated heterocycles. The van der Waals surface area contributed by atoms with E-state index >= 15 is 0 Å². The SMILES string of the molecule is NC(=O)NC1CCN(c2ncnc3cc(Cl)ccc23)CC1. The fourth-order valence-corrected chi connectivity index (χ4v) is 2.87. The van der Waals surface area contributed by atoms with Crippen molar-refractivity contribution in [3.05, 3.63) is 29.5 Å². The first-order valence-corrected chi connectivity index (χ1v) is 7.22. The van der Waals surface area contributed by atoms with E-state index in [1.165, 1.54) is 0 Å². The predicted octanol–water partition coefficient (Wildman–Crippen LogP) is 1.92.